The van der Waals surface area contributed by atoms with E-state index >= 15 is 0 Å². The van der Waals surface area contributed by atoms with Gasteiger partial charge in [-0.2, -0.15) is 0 Å². The molecule has 0 saturated heterocycles. The second kappa shape index (κ2) is 7.25. The highest BCUT2D eigenvalue weighted by Gasteiger charge is 2.09. The summed E-state index contributed by atoms with van der Waals surface area (Å²) in [5.41, 5.74) is 0.632. The van der Waals surface area contributed by atoms with E-state index in [-0.39, 0.29) is 12.4 Å². The predicted octanol–water partition coefficient (Wildman–Crippen LogP) is 2.04. The van der Waals surface area contributed by atoms with Gasteiger partial charge in [-0.15, -0.1) is 0 Å². The van der Waals surface area contributed by atoms with Gasteiger partial charge in [0.15, 0.2) is 0 Å². The lowest BCUT2D eigenvalue weighted by Gasteiger charge is -2.20. The fourth-order valence-corrected chi connectivity index (χ4v) is 1.75. The normalized spacial score (nSPS) is 10.9. The van der Waals surface area contributed by atoms with Crippen LogP contribution in [0, 0.1) is 5.82 Å². The Morgan fingerprint density at radius 2 is 2.12 bits per heavy atom. The van der Waals surface area contributed by atoms with Gasteiger partial charge in [-0.25, -0.2) is 4.39 Å². The van der Waals surface area contributed by atoms with Crippen molar-refractivity contribution < 1.29 is 14.2 Å². The molecule has 1 N–H and O–H groups in total. The van der Waals surface area contributed by atoms with Crippen LogP contribution in [0.1, 0.15) is 18.9 Å². The monoisotopic (exact) mass is 241 g/mol. The first-order valence-electron chi connectivity index (χ1n) is 5.86. The molecule has 0 bridgehead atoms. The van der Waals surface area contributed by atoms with Gasteiger partial charge in [0.1, 0.15) is 11.6 Å². The SMILES string of the molecule is CCCN(CCO)Cc1ccc(OC)cc1F. The molecule has 3 nitrogen and oxygen atoms in total. The van der Waals surface area contributed by atoms with Crippen LogP contribution >= 0.6 is 0 Å². The van der Waals surface area contributed by atoms with Gasteiger partial charge < -0.3 is 9.84 Å². The van der Waals surface area contributed by atoms with Gasteiger partial charge in [0, 0.05) is 24.7 Å². The smallest absolute Gasteiger partial charge is 0.131 e. The second-order valence-corrected chi connectivity index (χ2v) is 3.96. The molecule has 0 radical (unpaired) electrons. The van der Waals surface area contributed by atoms with Crippen molar-refractivity contribution in [1.82, 2.24) is 4.90 Å². The molecule has 0 heterocycles. The third kappa shape index (κ3) is 4.32. The highest BCUT2D eigenvalue weighted by atomic mass is 19.1. The number of aliphatic hydroxyl groups is 1. The number of rotatable bonds is 7. The minimum Gasteiger partial charge on any atom is -0.497 e. The van der Waals surface area contributed by atoms with Crippen molar-refractivity contribution in [2.45, 2.75) is 19.9 Å². The summed E-state index contributed by atoms with van der Waals surface area (Å²) in [4.78, 5) is 2.03. The van der Waals surface area contributed by atoms with E-state index < -0.39 is 0 Å². The Labute approximate surface area is 102 Å². The summed E-state index contributed by atoms with van der Waals surface area (Å²) in [6.45, 7) is 4.10. The van der Waals surface area contributed by atoms with E-state index in [9.17, 15) is 4.39 Å². The van der Waals surface area contributed by atoms with Gasteiger partial charge in [-0.05, 0) is 19.0 Å². The van der Waals surface area contributed by atoms with Gasteiger partial charge in [0.2, 0.25) is 0 Å². The second-order valence-electron chi connectivity index (χ2n) is 3.96. The number of methoxy groups -OCH3 is 1. The van der Waals surface area contributed by atoms with Gasteiger partial charge in [0.25, 0.3) is 0 Å². The largest absolute Gasteiger partial charge is 0.497 e. The number of hydrogen-bond acceptors (Lipinski definition) is 3. The molecule has 1 aromatic carbocycles. The lowest BCUT2D eigenvalue weighted by Crippen LogP contribution is -2.27. The molecule has 1 aromatic rings. The Morgan fingerprint density at radius 1 is 1.35 bits per heavy atom. The molecule has 17 heavy (non-hydrogen) atoms. The summed E-state index contributed by atoms with van der Waals surface area (Å²) in [6.07, 6.45) is 0.984. The van der Waals surface area contributed by atoms with Gasteiger partial charge in [0.05, 0.1) is 13.7 Å². The van der Waals surface area contributed by atoms with Crippen LogP contribution in [0.2, 0.25) is 0 Å². The molecule has 0 fully saturated rings. The van der Waals surface area contributed by atoms with E-state index in [1.165, 1.54) is 13.2 Å². The molecule has 0 aliphatic carbocycles. The van der Waals surface area contributed by atoms with E-state index in [1.807, 2.05) is 4.90 Å². The van der Waals surface area contributed by atoms with Crippen LogP contribution in [0.4, 0.5) is 4.39 Å². The highest BCUT2D eigenvalue weighted by molar-refractivity contribution is 5.28. The Bertz CT molecular complexity index is 338. The Balaban J connectivity index is 2.71. The molecule has 0 saturated carbocycles. The minimum absolute atomic E-state index is 0.0950. The minimum atomic E-state index is -0.261. The average molecular weight is 241 g/mol. The van der Waals surface area contributed by atoms with E-state index in [2.05, 4.69) is 6.92 Å². The standard InChI is InChI=1S/C13H20FNO2/c1-3-6-15(7-8-16)10-11-4-5-12(17-2)9-13(11)14/h4-5,9,16H,3,6-8,10H2,1-2H3. The maximum atomic E-state index is 13.7. The van der Waals surface area contributed by atoms with E-state index in [0.717, 1.165) is 13.0 Å². The number of nitrogens with zero attached hydrogens (tertiary/aromatic N) is 1. The molecule has 0 aliphatic rings. The van der Waals surface area contributed by atoms with Crippen LogP contribution in [0.3, 0.4) is 0 Å². The molecule has 0 aliphatic heterocycles. The quantitative estimate of drug-likeness (QED) is 0.793. The molecular formula is C13H20FNO2. The van der Waals surface area contributed by atoms with Gasteiger partial charge in [-0.3, -0.25) is 4.90 Å². The molecule has 4 heteroatoms. The van der Waals surface area contributed by atoms with Crippen molar-refractivity contribution in [3.63, 3.8) is 0 Å². The van der Waals surface area contributed by atoms with Crippen molar-refractivity contribution in [1.29, 1.82) is 0 Å². The zero-order chi connectivity index (χ0) is 12.7. The third-order valence-corrected chi connectivity index (χ3v) is 2.61. The fraction of sp³-hybridized carbons (Fsp3) is 0.538. The first-order valence-corrected chi connectivity index (χ1v) is 5.86. The number of aliphatic hydroxyl groups excluding tert-OH is 1. The zero-order valence-corrected chi connectivity index (χ0v) is 10.4. The lowest BCUT2D eigenvalue weighted by molar-refractivity contribution is 0.189. The third-order valence-electron chi connectivity index (χ3n) is 2.61. The molecular weight excluding hydrogens is 221 g/mol. The summed E-state index contributed by atoms with van der Waals surface area (Å²) in [6, 6.07) is 4.87. The Morgan fingerprint density at radius 3 is 2.65 bits per heavy atom. The van der Waals surface area contributed by atoms with Crippen LogP contribution in [0.15, 0.2) is 18.2 Å². The number of ether oxygens (including phenoxy) is 1. The molecule has 1 rings (SSSR count). The molecule has 96 valence electrons. The number of halogens is 1. The summed E-state index contributed by atoms with van der Waals surface area (Å²) in [5, 5.41) is 8.94. The maximum Gasteiger partial charge on any atom is 0.131 e. The van der Waals surface area contributed by atoms with Crippen LogP contribution < -0.4 is 4.74 Å². The molecule has 0 atom stereocenters. The lowest BCUT2D eigenvalue weighted by atomic mass is 10.2. The van der Waals surface area contributed by atoms with E-state index in [1.54, 1.807) is 12.1 Å². The van der Waals surface area contributed by atoms with Crippen molar-refractivity contribution in [3.05, 3.63) is 29.6 Å². The molecule has 0 aromatic heterocycles. The average Bonchev–Trinajstić information content (AvgIpc) is 2.32. The number of hydrogen-bond donors (Lipinski definition) is 1. The van der Waals surface area contributed by atoms with Gasteiger partial charge >= 0.3 is 0 Å². The summed E-state index contributed by atoms with van der Waals surface area (Å²) >= 11 is 0. The first-order chi connectivity index (χ1) is 8.21. The van der Waals surface area contributed by atoms with Crippen molar-refractivity contribution in [3.8, 4) is 5.75 Å². The maximum absolute atomic E-state index is 13.7. The van der Waals surface area contributed by atoms with Crippen LogP contribution in [-0.2, 0) is 6.54 Å². The summed E-state index contributed by atoms with van der Waals surface area (Å²) in [5.74, 6) is 0.263. The van der Waals surface area contributed by atoms with Crippen LogP contribution in [0.5, 0.6) is 5.75 Å². The molecule has 0 spiro atoms. The highest BCUT2D eigenvalue weighted by Crippen LogP contribution is 2.17. The van der Waals surface area contributed by atoms with E-state index in [4.69, 9.17) is 9.84 Å². The molecule has 0 unspecified atom stereocenters. The summed E-state index contributed by atoms with van der Waals surface area (Å²) in [7, 11) is 1.52. The zero-order valence-electron chi connectivity index (χ0n) is 10.4. The first kappa shape index (κ1) is 13.9. The predicted molar refractivity (Wildman–Crippen MR) is 65.6 cm³/mol. The van der Waals surface area contributed by atoms with Crippen LogP contribution in [0.25, 0.3) is 0 Å². The topological polar surface area (TPSA) is 32.7 Å². The van der Waals surface area contributed by atoms with Gasteiger partial charge in [-0.1, -0.05) is 13.0 Å². The van der Waals surface area contributed by atoms with E-state index in [0.29, 0.717) is 24.4 Å². The van der Waals surface area contributed by atoms with Crippen molar-refractivity contribution in [2.75, 3.05) is 26.8 Å². The molecule has 0 amide bonds. The Kier molecular flexibility index (Phi) is 5.94. The Hall–Kier alpha value is -1.13. The van der Waals surface area contributed by atoms with Crippen LogP contribution in [-0.4, -0.2) is 36.8 Å². The van der Waals surface area contributed by atoms with Crippen molar-refractivity contribution in [2.24, 2.45) is 0 Å². The van der Waals surface area contributed by atoms with Crippen molar-refractivity contribution >= 4 is 0 Å². The summed E-state index contributed by atoms with van der Waals surface area (Å²) < 4.78 is 18.7. The number of benzene rings is 1. The fourth-order valence-electron chi connectivity index (χ4n) is 1.75.